The summed E-state index contributed by atoms with van der Waals surface area (Å²) in [5.74, 6) is 1.99. The molecule has 0 heterocycles. The highest BCUT2D eigenvalue weighted by atomic mass is 35.5. The van der Waals surface area contributed by atoms with E-state index in [0.29, 0.717) is 22.3 Å². The van der Waals surface area contributed by atoms with Crippen LogP contribution in [-0.4, -0.2) is 21.3 Å². The summed E-state index contributed by atoms with van der Waals surface area (Å²) >= 11 is 6.06. The molecule has 0 saturated heterocycles. The summed E-state index contributed by atoms with van der Waals surface area (Å²) in [7, 11) is 4.79. The van der Waals surface area contributed by atoms with Crippen molar-refractivity contribution in [2.24, 2.45) is 5.73 Å². The van der Waals surface area contributed by atoms with Gasteiger partial charge in [-0.1, -0.05) is 17.7 Å². The van der Waals surface area contributed by atoms with E-state index in [0.717, 1.165) is 11.1 Å². The molecule has 1 atom stereocenters. The molecule has 5 heteroatoms. The van der Waals surface area contributed by atoms with Gasteiger partial charge < -0.3 is 19.9 Å². The molecule has 0 aromatic heterocycles. The van der Waals surface area contributed by atoms with Crippen molar-refractivity contribution in [2.75, 3.05) is 21.3 Å². The summed E-state index contributed by atoms with van der Waals surface area (Å²) in [4.78, 5) is 0. The van der Waals surface area contributed by atoms with E-state index < -0.39 is 0 Å². The van der Waals surface area contributed by atoms with Crippen molar-refractivity contribution in [3.63, 3.8) is 0 Å². The van der Waals surface area contributed by atoms with Gasteiger partial charge in [0.1, 0.15) is 5.75 Å². The number of rotatable bonds is 5. The zero-order valence-corrected chi connectivity index (χ0v) is 13.0. The number of hydrogen-bond acceptors (Lipinski definition) is 4. The van der Waals surface area contributed by atoms with Crippen LogP contribution in [0.3, 0.4) is 0 Å². The third-order valence-corrected chi connectivity index (χ3v) is 3.53. The van der Waals surface area contributed by atoms with E-state index in [9.17, 15) is 0 Å². The molecule has 2 aromatic carbocycles. The van der Waals surface area contributed by atoms with Gasteiger partial charge in [0.2, 0.25) is 0 Å². The highest BCUT2D eigenvalue weighted by molar-refractivity contribution is 6.30. The molecule has 0 spiro atoms. The third kappa shape index (κ3) is 3.23. The lowest BCUT2D eigenvalue weighted by Crippen LogP contribution is -2.13. The molecule has 4 nitrogen and oxygen atoms in total. The second-order valence-electron chi connectivity index (χ2n) is 4.48. The summed E-state index contributed by atoms with van der Waals surface area (Å²) < 4.78 is 15.9. The summed E-state index contributed by atoms with van der Waals surface area (Å²) in [5.41, 5.74) is 8.04. The predicted molar refractivity (Wildman–Crippen MR) is 83.6 cm³/mol. The van der Waals surface area contributed by atoms with E-state index in [4.69, 9.17) is 31.5 Å². The van der Waals surface area contributed by atoms with Gasteiger partial charge in [-0.3, -0.25) is 0 Å². The Labute approximate surface area is 129 Å². The van der Waals surface area contributed by atoms with Gasteiger partial charge >= 0.3 is 0 Å². The Bertz CT molecular complexity index is 631. The molecule has 112 valence electrons. The first-order valence-electron chi connectivity index (χ1n) is 6.41. The molecule has 0 aliphatic heterocycles. The van der Waals surface area contributed by atoms with Crippen molar-refractivity contribution in [1.29, 1.82) is 0 Å². The Morgan fingerprint density at radius 3 is 2.10 bits per heavy atom. The molecule has 0 bridgehead atoms. The first kappa shape index (κ1) is 15.5. The van der Waals surface area contributed by atoms with Crippen LogP contribution in [0.1, 0.15) is 17.2 Å². The maximum atomic E-state index is 6.34. The van der Waals surface area contributed by atoms with Crippen molar-refractivity contribution in [2.45, 2.75) is 6.04 Å². The summed E-state index contributed by atoms with van der Waals surface area (Å²) in [6.07, 6.45) is 0. The first-order valence-corrected chi connectivity index (χ1v) is 6.79. The maximum absolute atomic E-state index is 6.34. The van der Waals surface area contributed by atoms with Crippen LogP contribution in [-0.2, 0) is 0 Å². The number of methoxy groups -OCH3 is 3. The molecule has 0 aliphatic carbocycles. The molecule has 2 aromatic rings. The van der Waals surface area contributed by atoms with Gasteiger partial charge in [-0.25, -0.2) is 0 Å². The average molecular weight is 308 g/mol. The Kier molecular flexibility index (Phi) is 4.94. The van der Waals surface area contributed by atoms with E-state index in [1.807, 2.05) is 24.3 Å². The van der Waals surface area contributed by atoms with Crippen LogP contribution in [0.25, 0.3) is 0 Å². The van der Waals surface area contributed by atoms with Gasteiger partial charge in [0.25, 0.3) is 0 Å². The van der Waals surface area contributed by atoms with Crippen molar-refractivity contribution >= 4 is 11.6 Å². The lowest BCUT2D eigenvalue weighted by molar-refractivity contribution is 0.354. The Morgan fingerprint density at radius 1 is 0.857 bits per heavy atom. The lowest BCUT2D eigenvalue weighted by Gasteiger charge is -2.18. The lowest BCUT2D eigenvalue weighted by atomic mass is 9.98. The SMILES string of the molecule is COc1ccc(C(N)c2cc(Cl)ccc2OC)cc1OC. The fourth-order valence-corrected chi connectivity index (χ4v) is 2.35. The fourth-order valence-electron chi connectivity index (χ4n) is 2.17. The third-order valence-electron chi connectivity index (χ3n) is 3.29. The van der Waals surface area contributed by atoms with Gasteiger partial charge in [0, 0.05) is 10.6 Å². The molecule has 0 fully saturated rings. The van der Waals surface area contributed by atoms with Crippen LogP contribution >= 0.6 is 11.6 Å². The molecular formula is C16H18ClNO3. The molecule has 0 amide bonds. The molecule has 0 saturated carbocycles. The largest absolute Gasteiger partial charge is 0.496 e. The minimum absolute atomic E-state index is 0.376. The summed E-state index contributed by atoms with van der Waals surface area (Å²) in [5, 5.41) is 0.613. The molecule has 2 N–H and O–H groups in total. The van der Waals surface area contributed by atoms with E-state index in [2.05, 4.69) is 0 Å². The summed E-state index contributed by atoms with van der Waals surface area (Å²) in [6.45, 7) is 0. The topological polar surface area (TPSA) is 53.7 Å². The Balaban J connectivity index is 2.44. The second-order valence-corrected chi connectivity index (χ2v) is 4.91. The van der Waals surface area contributed by atoms with Crippen LogP contribution in [0.2, 0.25) is 5.02 Å². The average Bonchev–Trinajstić information content (AvgIpc) is 2.53. The Morgan fingerprint density at radius 2 is 1.48 bits per heavy atom. The summed E-state index contributed by atoms with van der Waals surface area (Å²) in [6, 6.07) is 10.6. The molecular weight excluding hydrogens is 290 g/mol. The number of halogens is 1. The zero-order valence-electron chi connectivity index (χ0n) is 12.2. The standard InChI is InChI=1S/C16H18ClNO3/c1-19-13-7-5-11(17)9-12(13)16(18)10-4-6-14(20-2)15(8-10)21-3/h4-9,16H,18H2,1-3H3. The van der Waals surface area contributed by atoms with Crippen LogP contribution in [0.15, 0.2) is 36.4 Å². The van der Waals surface area contributed by atoms with Crippen LogP contribution in [0.4, 0.5) is 0 Å². The highest BCUT2D eigenvalue weighted by Gasteiger charge is 2.16. The molecule has 0 aliphatic rings. The molecule has 21 heavy (non-hydrogen) atoms. The number of hydrogen-bond donors (Lipinski definition) is 1. The van der Waals surface area contributed by atoms with Crippen molar-refractivity contribution in [3.8, 4) is 17.2 Å². The normalized spacial score (nSPS) is 11.9. The van der Waals surface area contributed by atoms with Crippen LogP contribution in [0.5, 0.6) is 17.2 Å². The van der Waals surface area contributed by atoms with Crippen LogP contribution in [0, 0.1) is 0 Å². The van der Waals surface area contributed by atoms with Crippen LogP contribution < -0.4 is 19.9 Å². The molecule has 0 radical (unpaired) electrons. The van der Waals surface area contributed by atoms with Crippen molar-refractivity contribution < 1.29 is 14.2 Å². The quantitative estimate of drug-likeness (QED) is 0.919. The zero-order chi connectivity index (χ0) is 15.4. The molecule has 1 unspecified atom stereocenters. The van der Waals surface area contributed by atoms with Gasteiger partial charge in [-0.15, -0.1) is 0 Å². The van der Waals surface area contributed by atoms with Crippen molar-refractivity contribution in [3.05, 3.63) is 52.5 Å². The van der Waals surface area contributed by atoms with Gasteiger partial charge in [0.05, 0.1) is 27.4 Å². The van der Waals surface area contributed by atoms with E-state index >= 15 is 0 Å². The minimum atomic E-state index is -0.376. The first-order chi connectivity index (χ1) is 10.1. The predicted octanol–water partition coefficient (Wildman–Crippen LogP) is 3.41. The van der Waals surface area contributed by atoms with Gasteiger partial charge in [0.15, 0.2) is 11.5 Å². The Hall–Kier alpha value is -1.91. The second kappa shape index (κ2) is 6.70. The van der Waals surface area contributed by atoms with Crippen molar-refractivity contribution in [1.82, 2.24) is 0 Å². The monoisotopic (exact) mass is 307 g/mol. The van der Waals surface area contributed by atoms with E-state index in [1.165, 1.54) is 0 Å². The van der Waals surface area contributed by atoms with E-state index in [1.54, 1.807) is 33.5 Å². The number of benzene rings is 2. The highest BCUT2D eigenvalue weighted by Crippen LogP contribution is 2.35. The number of ether oxygens (including phenoxy) is 3. The van der Waals surface area contributed by atoms with Gasteiger partial charge in [-0.05, 0) is 35.9 Å². The minimum Gasteiger partial charge on any atom is -0.496 e. The fraction of sp³-hybridized carbons (Fsp3) is 0.250. The molecule has 2 rings (SSSR count). The van der Waals surface area contributed by atoms with Gasteiger partial charge in [-0.2, -0.15) is 0 Å². The smallest absolute Gasteiger partial charge is 0.161 e. The number of nitrogens with two attached hydrogens (primary N) is 1. The van der Waals surface area contributed by atoms with E-state index in [-0.39, 0.29) is 6.04 Å². The maximum Gasteiger partial charge on any atom is 0.161 e.